The van der Waals surface area contributed by atoms with Crippen LogP contribution in [0.4, 0.5) is 11.6 Å². The largest absolute Gasteiger partial charge is 0.381 e. The van der Waals surface area contributed by atoms with E-state index in [-0.39, 0.29) is 0 Å². The van der Waals surface area contributed by atoms with Crippen LogP contribution in [0.3, 0.4) is 0 Å². The average Bonchev–Trinajstić information content (AvgIpc) is 3.24. The highest BCUT2D eigenvalue weighted by Gasteiger charge is 2.43. The van der Waals surface area contributed by atoms with Gasteiger partial charge in [-0.05, 0) is 43.9 Å². The van der Waals surface area contributed by atoms with Gasteiger partial charge in [-0.15, -0.1) is 0 Å². The van der Waals surface area contributed by atoms with Gasteiger partial charge in [0, 0.05) is 31.4 Å². The number of aromatic nitrogens is 2. The quantitative estimate of drug-likeness (QED) is 0.892. The van der Waals surface area contributed by atoms with E-state index in [9.17, 15) is 0 Å². The second-order valence-corrected chi connectivity index (χ2v) is 6.77. The van der Waals surface area contributed by atoms with Crippen LogP contribution in [-0.4, -0.2) is 35.3 Å². The summed E-state index contributed by atoms with van der Waals surface area (Å²) in [5.74, 6) is 1.92. The second kappa shape index (κ2) is 5.44. The standard InChI is InChI=1S/C16H24N4O/c1-2-13(16(5-1)6-8-21-9-7-16)20-15-10-14(17-11-18-15)19-12-3-4-12/h10-13H,1-9H2,(H2,17,18,19,20). The van der Waals surface area contributed by atoms with Gasteiger partial charge in [0.2, 0.25) is 0 Å². The SMILES string of the molecule is c1nc(NC2CC2)cc(NC2CCCC23CCOCC3)n1. The Labute approximate surface area is 125 Å². The summed E-state index contributed by atoms with van der Waals surface area (Å²) in [7, 11) is 0. The molecule has 1 saturated heterocycles. The van der Waals surface area contributed by atoms with Gasteiger partial charge < -0.3 is 15.4 Å². The van der Waals surface area contributed by atoms with E-state index in [1.165, 1.54) is 44.9 Å². The summed E-state index contributed by atoms with van der Waals surface area (Å²) >= 11 is 0. The normalized spacial score (nSPS) is 27.7. The number of nitrogens with zero attached hydrogens (tertiary/aromatic N) is 2. The first-order chi connectivity index (χ1) is 10.3. The highest BCUT2D eigenvalue weighted by Crippen LogP contribution is 2.47. The van der Waals surface area contributed by atoms with E-state index in [0.29, 0.717) is 17.5 Å². The first kappa shape index (κ1) is 13.3. The fourth-order valence-electron chi connectivity index (χ4n) is 3.87. The van der Waals surface area contributed by atoms with Crippen LogP contribution in [0.25, 0.3) is 0 Å². The minimum atomic E-state index is 0.424. The fraction of sp³-hybridized carbons (Fsp3) is 0.750. The first-order valence-corrected chi connectivity index (χ1v) is 8.27. The highest BCUT2D eigenvalue weighted by molar-refractivity contribution is 5.48. The van der Waals surface area contributed by atoms with Gasteiger partial charge in [-0.25, -0.2) is 9.97 Å². The molecule has 0 aromatic carbocycles. The number of hydrogen-bond donors (Lipinski definition) is 2. The van der Waals surface area contributed by atoms with E-state index in [2.05, 4.69) is 26.7 Å². The molecule has 21 heavy (non-hydrogen) atoms. The maximum Gasteiger partial charge on any atom is 0.131 e. The third-order valence-corrected chi connectivity index (χ3v) is 5.31. The summed E-state index contributed by atoms with van der Waals surface area (Å²) in [5.41, 5.74) is 0.424. The summed E-state index contributed by atoms with van der Waals surface area (Å²) in [6.07, 6.45) is 10.4. The molecule has 0 bridgehead atoms. The molecule has 1 aliphatic heterocycles. The van der Waals surface area contributed by atoms with Gasteiger partial charge in [-0.3, -0.25) is 0 Å². The van der Waals surface area contributed by atoms with Crippen molar-refractivity contribution in [2.75, 3.05) is 23.8 Å². The van der Waals surface area contributed by atoms with Gasteiger partial charge in [-0.2, -0.15) is 0 Å². The van der Waals surface area contributed by atoms with Gasteiger partial charge in [0.1, 0.15) is 18.0 Å². The van der Waals surface area contributed by atoms with Crippen LogP contribution >= 0.6 is 0 Å². The summed E-state index contributed by atoms with van der Waals surface area (Å²) < 4.78 is 5.56. The molecular weight excluding hydrogens is 264 g/mol. The molecule has 3 fully saturated rings. The van der Waals surface area contributed by atoms with Gasteiger partial charge in [0.25, 0.3) is 0 Å². The van der Waals surface area contributed by atoms with Crippen LogP contribution in [-0.2, 0) is 4.74 Å². The van der Waals surface area contributed by atoms with Crippen molar-refractivity contribution in [3.05, 3.63) is 12.4 Å². The molecule has 1 aromatic heterocycles. The molecule has 0 amide bonds. The topological polar surface area (TPSA) is 59.1 Å². The Hall–Kier alpha value is -1.36. The molecule has 2 heterocycles. The minimum Gasteiger partial charge on any atom is -0.381 e. The Morgan fingerprint density at radius 1 is 1.00 bits per heavy atom. The van der Waals surface area contributed by atoms with Crippen molar-refractivity contribution in [2.45, 2.75) is 57.0 Å². The fourth-order valence-corrected chi connectivity index (χ4v) is 3.87. The molecule has 1 spiro atoms. The molecule has 1 aromatic rings. The minimum absolute atomic E-state index is 0.424. The van der Waals surface area contributed by atoms with E-state index in [1.54, 1.807) is 6.33 Å². The van der Waals surface area contributed by atoms with Crippen molar-refractivity contribution >= 4 is 11.6 Å². The van der Waals surface area contributed by atoms with Crippen LogP contribution < -0.4 is 10.6 Å². The lowest BCUT2D eigenvalue weighted by molar-refractivity contribution is 0.0134. The van der Waals surface area contributed by atoms with E-state index < -0.39 is 0 Å². The van der Waals surface area contributed by atoms with Crippen molar-refractivity contribution in [3.8, 4) is 0 Å². The van der Waals surface area contributed by atoms with Crippen LogP contribution in [0.5, 0.6) is 0 Å². The summed E-state index contributed by atoms with van der Waals surface area (Å²) in [5, 5.41) is 7.13. The lowest BCUT2D eigenvalue weighted by Gasteiger charge is -2.39. The predicted molar refractivity (Wildman–Crippen MR) is 82.4 cm³/mol. The maximum atomic E-state index is 5.56. The highest BCUT2D eigenvalue weighted by atomic mass is 16.5. The zero-order valence-electron chi connectivity index (χ0n) is 12.5. The monoisotopic (exact) mass is 288 g/mol. The van der Waals surface area contributed by atoms with Gasteiger partial charge in [0.15, 0.2) is 0 Å². The molecular formula is C16H24N4O. The molecule has 3 aliphatic rings. The van der Waals surface area contributed by atoms with Crippen molar-refractivity contribution in [2.24, 2.45) is 5.41 Å². The molecule has 5 nitrogen and oxygen atoms in total. The lowest BCUT2D eigenvalue weighted by atomic mass is 9.75. The van der Waals surface area contributed by atoms with Crippen LogP contribution in [0.1, 0.15) is 44.9 Å². The number of rotatable bonds is 4. The Bertz CT molecular complexity index is 497. The van der Waals surface area contributed by atoms with Crippen LogP contribution in [0.15, 0.2) is 12.4 Å². The number of ether oxygens (including phenoxy) is 1. The van der Waals surface area contributed by atoms with Crippen LogP contribution in [0.2, 0.25) is 0 Å². The van der Waals surface area contributed by atoms with Crippen molar-refractivity contribution < 1.29 is 4.74 Å². The van der Waals surface area contributed by atoms with Crippen LogP contribution in [0, 0.1) is 5.41 Å². The average molecular weight is 288 g/mol. The maximum absolute atomic E-state index is 5.56. The molecule has 2 N–H and O–H groups in total. The van der Waals surface area contributed by atoms with E-state index >= 15 is 0 Å². The van der Waals surface area contributed by atoms with E-state index in [0.717, 1.165) is 24.8 Å². The number of nitrogens with one attached hydrogen (secondary N) is 2. The summed E-state index contributed by atoms with van der Waals surface area (Å²) in [6, 6.07) is 3.22. The van der Waals surface area contributed by atoms with Gasteiger partial charge in [-0.1, -0.05) is 6.42 Å². The summed E-state index contributed by atoms with van der Waals surface area (Å²) in [6.45, 7) is 1.83. The Balaban J connectivity index is 1.46. The van der Waals surface area contributed by atoms with Gasteiger partial charge >= 0.3 is 0 Å². The zero-order valence-corrected chi connectivity index (χ0v) is 12.5. The Morgan fingerprint density at radius 3 is 2.52 bits per heavy atom. The Morgan fingerprint density at radius 2 is 1.76 bits per heavy atom. The molecule has 2 saturated carbocycles. The third kappa shape index (κ3) is 2.84. The van der Waals surface area contributed by atoms with Crippen molar-refractivity contribution in [1.29, 1.82) is 0 Å². The molecule has 1 unspecified atom stereocenters. The molecule has 2 aliphatic carbocycles. The third-order valence-electron chi connectivity index (χ3n) is 5.31. The molecule has 0 radical (unpaired) electrons. The molecule has 114 valence electrons. The van der Waals surface area contributed by atoms with Crippen molar-refractivity contribution in [1.82, 2.24) is 9.97 Å². The molecule has 5 heteroatoms. The second-order valence-electron chi connectivity index (χ2n) is 6.77. The van der Waals surface area contributed by atoms with Crippen molar-refractivity contribution in [3.63, 3.8) is 0 Å². The van der Waals surface area contributed by atoms with E-state index in [1.807, 2.05) is 0 Å². The predicted octanol–water partition coefficient (Wildman–Crippen LogP) is 2.81. The lowest BCUT2D eigenvalue weighted by Crippen LogP contribution is -2.40. The summed E-state index contributed by atoms with van der Waals surface area (Å²) in [4.78, 5) is 8.73. The molecule has 4 rings (SSSR count). The Kier molecular flexibility index (Phi) is 3.45. The van der Waals surface area contributed by atoms with Gasteiger partial charge in [0.05, 0.1) is 0 Å². The number of hydrogen-bond acceptors (Lipinski definition) is 5. The number of anilines is 2. The zero-order chi connectivity index (χ0) is 14.1. The first-order valence-electron chi connectivity index (χ1n) is 8.27. The molecule has 1 atom stereocenters. The smallest absolute Gasteiger partial charge is 0.131 e. The van der Waals surface area contributed by atoms with E-state index in [4.69, 9.17) is 4.74 Å².